The lowest BCUT2D eigenvalue weighted by Crippen LogP contribution is -2.42. The number of aryl methyl sites for hydroxylation is 1. The van der Waals surface area contributed by atoms with E-state index in [2.05, 4.69) is 31.3 Å². The van der Waals surface area contributed by atoms with Crippen LogP contribution in [0.1, 0.15) is 68.8 Å². The number of ether oxygens (including phenoxy) is 1. The van der Waals surface area contributed by atoms with Gasteiger partial charge >= 0.3 is 0 Å². The van der Waals surface area contributed by atoms with Crippen LogP contribution in [0.2, 0.25) is 0 Å². The monoisotopic (exact) mass is 302 g/mol. The van der Waals surface area contributed by atoms with Crippen molar-refractivity contribution < 1.29 is 9.53 Å². The van der Waals surface area contributed by atoms with Gasteiger partial charge in [-0.2, -0.15) is 0 Å². The first-order valence-corrected chi connectivity index (χ1v) is 8.16. The van der Waals surface area contributed by atoms with E-state index in [1.165, 1.54) is 0 Å². The van der Waals surface area contributed by atoms with Crippen LogP contribution < -0.4 is 15.8 Å². The Bertz CT molecular complexity index is 603. The quantitative estimate of drug-likeness (QED) is 0.901. The Morgan fingerprint density at radius 3 is 2.68 bits per heavy atom. The average Bonchev–Trinajstić information content (AvgIpc) is 3.23. The van der Waals surface area contributed by atoms with Gasteiger partial charge in [0.15, 0.2) is 0 Å². The molecule has 0 aromatic heterocycles. The maximum atomic E-state index is 12.2. The van der Waals surface area contributed by atoms with Crippen LogP contribution in [0.5, 0.6) is 5.75 Å². The lowest BCUT2D eigenvalue weighted by Gasteiger charge is -2.39. The van der Waals surface area contributed by atoms with Crippen LogP contribution in [-0.4, -0.2) is 11.5 Å². The molecular formula is C18H26N2O2. The van der Waals surface area contributed by atoms with Crippen LogP contribution in [0.15, 0.2) is 12.1 Å². The molecule has 120 valence electrons. The van der Waals surface area contributed by atoms with Gasteiger partial charge in [0.1, 0.15) is 11.4 Å². The summed E-state index contributed by atoms with van der Waals surface area (Å²) in [6.45, 7) is 8.18. The minimum Gasteiger partial charge on any atom is -0.487 e. The van der Waals surface area contributed by atoms with Crippen LogP contribution in [0.4, 0.5) is 0 Å². The van der Waals surface area contributed by atoms with Crippen molar-refractivity contribution in [1.29, 1.82) is 0 Å². The molecule has 2 unspecified atom stereocenters. The standard InChI is InChI=1S/C18H26N2O2/c1-10-7-13(11(2)19)8-14-15(20-17(21)12-5-6-12)9-18(3,4)22-16(10)14/h7-8,11-12,15H,5-6,9,19H2,1-4H3,(H,20,21). The van der Waals surface area contributed by atoms with E-state index >= 15 is 0 Å². The molecule has 1 aliphatic carbocycles. The number of amides is 1. The van der Waals surface area contributed by atoms with Gasteiger partial charge in [0.25, 0.3) is 0 Å². The number of hydrogen-bond donors (Lipinski definition) is 2. The molecule has 3 N–H and O–H groups in total. The molecule has 0 spiro atoms. The molecule has 0 saturated heterocycles. The van der Waals surface area contributed by atoms with Gasteiger partial charge in [0.05, 0.1) is 6.04 Å². The smallest absolute Gasteiger partial charge is 0.223 e. The number of rotatable bonds is 3. The summed E-state index contributed by atoms with van der Waals surface area (Å²) < 4.78 is 6.18. The molecule has 4 heteroatoms. The van der Waals surface area contributed by atoms with Crippen LogP contribution in [-0.2, 0) is 4.79 Å². The van der Waals surface area contributed by atoms with Crippen molar-refractivity contribution in [2.75, 3.05) is 0 Å². The highest BCUT2D eigenvalue weighted by molar-refractivity contribution is 5.81. The Kier molecular flexibility index (Phi) is 3.68. The Morgan fingerprint density at radius 2 is 2.09 bits per heavy atom. The Labute approximate surface area is 132 Å². The third kappa shape index (κ3) is 2.98. The van der Waals surface area contributed by atoms with Gasteiger partial charge in [-0.1, -0.05) is 6.07 Å². The van der Waals surface area contributed by atoms with Crippen molar-refractivity contribution in [3.05, 3.63) is 28.8 Å². The first-order chi connectivity index (χ1) is 10.3. The maximum Gasteiger partial charge on any atom is 0.223 e. The highest BCUT2D eigenvalue weighted by Crippen LogP contribution is 2.43. The van der Waals surface area contributed by atoms with Gasteiger partial charge < -0.3 is 15.8 Å². The lowest BCUT2D eigenvalue weighted by molar-refractivity contribution is -0.123. The number of carbonyl (C=O) groups excluding carboxylic acids is 1. The molecule has 2 aliphatic rings. The van der Waals surface area contributed by atoms with Gasteiger partial charge in [0.2, 0.25) is 5.91 Å². The minimum absolute atomic E-state index is 0.00394. The molecule has 1 saturated carbocycles. The summed E-state index contributed by atoms with van der Waals surface area (Å²) in [7, 11) is 0. The van der Waals surface area contributed by atoms with Gasteiger partial charge in [0, 0.05) is 23.9 Å². The Balaban J connectivity index is 1.98. The molecule has 1 aliphatic heterocycles. The van der Waals surface area contributed by atoms with Gasteiger partial charge in [-0.3, -0.25) is 4.79 Å². The zero-order valence-corrected chi connectivity index (χ0v) is 13.9. The molecule has 1 fully saturated rings. The fourth-order valence-corrected chi connectivity index (χ4v) is 3.17. The minimum atomic E-state index is -0.283. The first-order valence-electron chi connectivity index (χ1n) is 8.16. The van der Waals surface area contributed by atoms with Crippen molar-refractivity contribution in [1.82, 2.24) is 5.32 Å². The molecule has 1 amide bonds. The molecular weight excluding hydrogens is 276 g/mol. The lowest BCUT2D eigenvalue weighted by atomic mass is 9.86. The molecule has 0 radical (unpaired) electrons. The summed E-state index contributed by atoms with van der Waals surface area (Å²) in [6, 6.07) is 4.16. The Hall–Kier alpha value is -1.55. The molecule has 1 aromatic carbocycles. The number of hydrogen-bond acceptors (Lipinski definition) is 3. The van der Waals surface area contributed by atoms with Crippen molar-refractivity contribution >= 4 is 5.91 Å². The fourth-order valence-electron chi connectivity index (χ4n) is 3.17. The SMILES string of the molecule is Cc1cc(C(C)N)cc2c1OC(C)(C)CC2NC(=O)C1CC1. The largest absolute Gasteiger partial charge is 0.487 e. The van der Waals surface area contributed by atoms with Gasteiger partial charge in [-0.05, 0) is 57.7 Å². The van der Waals surface area contributed by atoms with E-state index in [0.717, 1.165) is 41.7 Å². The summed E-state index contributed by atoms with van der Waals surface area (Å²) in [4.78, 5) is 12.2. The normalized spacial score (nSPS) is 24.1. The number of nitrogens with one attached hydrogen (secondary N) is 1. The van der Waals surface area contributed by atoms with E-state index in [1.807, 2.05) is 13.8 Å². The van der Waals surface area contributed by atoms with Crippen molar-refractivity contribution in [2.45, 2.75) is 64.6 Å². The molecule has 4 nitrogen and oxygen atoms in total. The van der Waals surface area contributed by atoms with Crippen LogP contribution in [0.25, 0.3) is 0 Å². The van der Waals surface area contributed by atoms with Gasteiger partial charge in [-0.25, -0.2) is 0 Å². The second-order valence-corrected chi connectivity index (χ2v) is 7.45. The van der Waals surface area contributed by atoms with Crippen molar-refractivity contribution in [2.24, 2.45) is 11.7 Å². The van der Waals surface area contributed by atoms with Gasteiger partial charge in [-0.15, -0.1) is 0 Å². The average molecular weight is 302 g/mol. The summed E-state index contributed by atoms with van der Waals surface area (Å²) in [5.74, 6) is 1.30. The third-order valence-electron chi connectivity index (χ3n) is 4.57. The van der Waals surface area contributed by atoms with Crippen molar-refractivity contribution in [3.8, 4) is 5.75 Å². The zero-order valence-electron chi connectivity index (χ0n) is 13.9. The van der Waals surface area contributed by atoms with E-state index < -0.39 is 0 Å². The summed E-state index contributed by atoms with van der Waals surface area (Å²) in [6.07, 6.45) is 2.81. The fraction of sp³-hybridized carbons (Fsp3) is 0.611. The molecule has 2 atom stereocenters. The summed E-state index contributed by atoms with van der Waals surface area (Å²) in [5.41, 5.74) is 9.01. The van der Waals surface area contributed by atoms with E-state index in [4.69, 9.17) is 10.5 Å². The zero-order chi connectivity index (χ0) is 16.1. The first kappa shape index (κ1) is 15.3. The van der Waals surface area contributed by atoms with Crippen LogP contribution >= 0.6 is 0 Å². The second kappa shape index (κ2) is 5.27. The van der Waals surface area contributed by atoms with Crippen LogP contribution in [0.3, 0.4) is 0 Å². The van der Waals surface area contributed by atoms with E-state index in [0.29, 0.717) is 0 Å². The number of carbonyl (C=O) groups is 1. The number of nitrogens with two attached hydrogens (primary N) is 1. The highest BCUT2D eigenvalue weighted by atomic mass is 16.5. The second-order valence-electron chi connectivity index (χ2n) is 7.45. The number of benzene rings is 1. The van der Waals surface area contributed by atoms with Crippen molar-refractivity contribution in [3.63, 3.8) is 0 Å². The molecule has 1 aromatic rings. The number of fused-ring (bicyclic) bond motifs is 1. The topological polar surface area (TPSA) is 64.3 Å². The molecule has 0 bridgehead atoms. The predicted molar refractivity (Wildman–Crippen MR) is 86.7 cm³/mol. The molecule has 1 heterocycles. The van der Waals surface area contributed by atoms with E-state index in [-0.39, 0.29) is 29.5 Å². The molecule has 22 heavy (non-hydrogen) atoms. The highest BCUT2D eigenvalue weighted by Gasteiger charge is 2.38. The maximum absolute atomic E-state index is 12.2. The predicted octanol–water partition coefficient (Wildman–Crippen LogP) is 3.14. The van der Waals surface area contributed by atoms with E-state index in [9.17, 15) is 4.79 Å². The third-order valence-corrected chi connectivity index (χ3v) is 4.57. The van der Waals surface area contributed by atoms with Crippen LogP contribution in [0, 0.1) is 12.8 Å². The van der Waals surface area contributed by atoms with E-state index in [1.54, 1.807) is 0 Å². The molecule has 3 rings (SSSR count). The summed E-state index contributed by atoms with van der Waals surface area (Å²) in [5, 5.41) is 3.23. The Morgan fingerprint density at radius 1 is 1.41 bits per heavy atom. The summed E-state index contributed by atoms with van der Waals surface area (Å²) >= 11 is 0.